The molecule has 160 valence electrons. The molecular weight excluding hydrogens is 382 g/mol. The van der Waals surface area contributed by atoms with Gasteiger partial charge in [0.2, 0.25) is 0 Å². The average molecular weight is 414 g/mol. The second kappa shape index (κ2) is 7.33. The predicted molar refractivity (Wildman–Crippen MR) is 126 cm³/mol. The number of rotatable bonds is 4. The van der Waals surface area contributed by atoms with Crippen molar-refractivity contribution < 1.29 is 9.59 Å². The van der Waals surface area contributed by atoms with E-state index in [-0.39, 0.29) is 22.6 Å². The number of amides is 2. The van der Waals surface area contributed by atoms with Gasteiger partial charge in [-0.3, -0.25) is 14.5 Å². The highest BCUT2D eigenvalue weighted by Crippen LogP contribution is 2.47. The van der Waals surface area contributed by atoms with Crippen LogP contribution in [0.1, 0.15) is 73.9 Å². The molecular formula is C28H31NO2. The number of carbonyl (C=O) groups excluding carboxylic acids is 2. The third-order valence-corrected chi connectivity index (χ3v) is 7.07. The van der Waals surface area contributed by atoms with E-state index in [4.69, 9.17) is 0 Å². The van der Waals surface area contributed by atoms with Gasteiger partial charge in [-0.25, -0.2) is 0 Å². The molecule has 0 atom stereocenters. The van der Waals surface area contributed by atoms with E-state index in [9.17, 15) is 9.59 Å². The topological polar surface area (TPSA) is 37.4 Å². The van der Waals surface area contributed by atoms with Crippen molar-refractivity contribution in [3.63, 3.8) is 0 Å². The van der Waals surface area contributed by atoms with Crippen molar-refractivity contribution in [3.8, 4) is 0 Å². The van der Waals surface area contributed by atoms with E-state index in [0.717, 1.165) is 16.7 Å². The molecule has 0 aromatic heterocycles. The fraction of sp³-hybridized carbons (Fsp3) is 0.357. The van der Waals surface area contributed by atoms with Crippen LogP contribution in [0.25, 0.3) is 5.57 Å². The van der Waals surface area contributed by atoms with Crippen molar-refractivity contribution in [2.75, 3.05) is 0 Å². The Bertz CT molecular complexity index is 1100. The first-order valence-electron chi connectivity index (χ1n) is 11.0. The minimum absolute atomic E-state index is 0.153. The normalized spacial score (nSPS) is 18.9. The summed E-state index contributed by atoms with van der Waals surface area (Å²) in [5.74, 6) is -0.512. The maximum Gasteiger partial charge on any atom is 0.253 e. The van der Waals surface area contributed by atoms with Crippen LogP contribution >= 0.6 is 0 Å². The van der Waals surface area contributed by atoms with Crippen molar-refractivity contribution in [2.24, 2.45) is 0 Å². The quantitative estimate of drug-likeness (QED) is 0.591. The Morgan fingerprint density at radius 1 is 0.903 bits per heavy atom. The SMILES string of the molecule is C=C(c1ccc(CN2C(=O)C=CC2=O)cc1)c1cc2c(cc1C)C(C)(C)CCC2(C)C. The average Bonchev–Trinajstić information content (AvgIpc) is 3.03. The fourth-order valence-corrected chi connectivity index (χ4v) is 4.78. The molecule has 3 heteroatoms. The van der Waals surface area contributed by atoms with E-state index in [1.54, 1.807) is 0 Å². The van der Waals surface area contributed by atoms with Crippen molar-refractivity contribution in [1.82, 2.24) is 4.90 Å². The van der Waals surface area contributed by atoms with Gasteiger partial charge in [0, 0.05) is 12.2 Å². The smallest absolute Gasteiger partial charge is 0.253 e. The Labute approximate surface area is 185 Å². The van der Waals surface area contributed by atoms with Gasteiger partial charge in [-0.2, -0.15) is 0 Å². The number of nitrogens with zero attached hydrogens (tertiary/aromatic N) is 1. The van der Waals surface area contributed by atoms with Gasteiger partial charge in [-0.1, -0.05) is 70.7 Å². The maximum absolute atomic E-state index is 11.8. The molecule has 2 aromatic carbocycles. The largest absolute Gasteiger partial charge is 0.271 e. The van der Waals surface area contributed by atoms with Crippen molar-refractivity contribution in [3.05, 3.63) is 88.5 Å². The minimum atomic E-state index is -0.256. The summed E-state index contributed by atoms with van der Waals surface area (Å²) in [6.07, 6.45) is 5.02. The zero-order chi connectivity index (χ0) is 22.6. The summed E-state index contributed by atoms with van der Waals surface area (Å²) in [4.78, 5) is 24.9. The Morgan fingerprint density at radius 2 is 1.42 bits per heavy atom. The molecule has 1 heterocycles. The van der Waals surface area contributed by atoms with E-state index in [2.05, 4.69) is 53.3 Å². The van der Waals surface area contributed by atoms with E-state index >= 15 is 0 Å². The number of benzene rings is 2. The number of aryl methyl sites for hydroxylation is 1. The van der Waals surface area contributed by atoms with Gasteiger partial charge in [0.05, 0.1) is 6.54 Å². The number of fused-ring (bicyclic) bond motifs is 1. The van der Waals surface area contributed by atoms with Crippen LogP contribution < -0.4 is 0 Å². The molecule has 0 fully saturated rings. The van der Waals surface area contributed by atoms with Crippen LogP contribution in [0, 0.1) is 6.92 Å². The van der Waals surface area contributed by atoms with Gasteiger partial charge < -0.3 is 0 Å². The molecule has 1 aliphatic carbocycles. The summed E-state index contributed by atoms with van der Waals surface area (Å²) in [5, 5.41) is 0. The lowest BCUT2D eigenvalue weighted by atomic mass is 9.62. The molecule has 3 nitrogen and oxygen atoms in total. The summed E-state index contributed by atoms with van der Waals surface area (Å²) >= 11 is 0. The lowest BCUT2D eigenvalue weighted by Gasteiger charge is -2.42. The van der Waals surface area contributed by atoms with E-state index < -0.39 is 0 Å². The number of carbonyl (C=O) groups is 2. The fourth-order valence-electron chi connectivity index (χ4n) is 4.78. The Hall–Kier alpha value is -2.94. The highest BCUT2D eigenvalue weighted by atomic mass is 16.2. The lowest BCUT2D eigenvalue weighted by Crippen LogP contribution is -2.34. The van der Waals surface area contributed by atoms with E-state index in [1.165, 1.54) is 52.1 Å². The Morgan fingerprint density at radius 3 is 1.97 bits per heavy atom. The highest BCUT2D eigenvalue weighted by molar-refractivity contribution is 6.12. The van der Waals surface area contributed by atoms with Crippen LogP contribution in [-0.2, 0) is 27.0 Å². The first-order valence-corrected chi connectivity index (χ1v) is 11.0. The molecule has 0 radical (unpaired) electrons. The predicted octanol–water partition coefficient (Wildman–Crippen LogP) is 5.83. The summed E-state index contributed by atoms with van der Waals surface area (Å²) < 4.78 is 0. The second-order valence-electron chi connectivity index (χ2n) is 10.3. The highest BCUT2D eigenvalue weighted by Gasteiger charge is 2.37. The van der Waals surface area contributed by atoms with E-state index in [1.807, 2.05) is 24.3 Å². The minimum Gasteiger partial charge on any atom is -0.271 e. The summed E-state index contributed by atoms with van der Waals surface area (Å²) in [5.41, 5.74) is 8.65. The molecule has 0 spiro atoms. The van der Waals surface area contributed by atoms with Gasteiger partial charge in [-0.05, 0) is 69.5 Å². The molecule has 31 heavy (non-hydrogen) atoms. The van der Waals surface area contributed by atoms with E-state index in [0.29, 0.717) is 6.54 Å². The van der Waals surface area contributed by atoms with Crippen molar-refractivity contribution >= 4 is 17.4 Å². The van der Waals surface area contributed by atoms with Crippen LogP contribution in [-0.4, -0.2) is 16.7 Å². The van der Waals surface area contributed by atoms with Gasteiger partial charge in [0.15, 0.2) is 0 Å². The molecule has 2 amide bonds. The third-order valence-electron chi connectivity index (χ3n) is 7.07. The maximum atomic E-state index is 11.8. The first-order chi connectivity index (χ1) is 14.5. The van der Waals surface area contributed by atoms with Crippen LogP contribution in [0.5, 0.6) is 0 Å². The second-order valence-corrected chi connectivity index (χ2v) is 10.3. The van der Waals surface area contributed by atoms with Crippen molar-refractivity contribution in [2.45, 2.75) is 64.8 Å². The molecule has 4 rings (SSSR count). The van der Waals surface area contributed by atoms with Crippen LogP contribution in [0.4, 0.5) is 0 Å². The molecule has 2 aliphatic rings. The Kier molecular flexibility index (Phi) is 5.04. The number of hydrogen-bond donors (Lipinski definition) is 0. The summed E-state index contributed by atoms with van der Waals surface area (Å²) in [6.45, 7) is 16.3. The monoisotopic (exact) mass is 413 g/mol. The number of hydrogen-bond acceptors (Lipinski definition) is 2. The van der Waals surface area contributed by atoms with Crippen molar-refractivity contribution in [1.29, 1.82) is 0 Å². The van der Waals surface area contributed by atoms with Gasteiger partial charge in [0.1, 0.15) is 0 Å². The standard InChI is InChI=1S/C28H31NO2/c1-18-15-23-24(28(5,6)14-13-27(23,3)4)16-22(18)19(2)21-9-7-20(8-10-21)17-29-25(30)11-12-26(29)31/h7-12,15-16H,2,13-14,17H2,1,3-6H3. The van der Waals surface area contributed by atoms with Crippen LogP contribution in [0.15, 0.2) is 55.1 Å². The summed E-state index contributed by atoms with van der Waals surface area (Å²) in [6, 6.07) is 12.7. The van der Waals surface area contributed by atoms with Crippen LogP contribution in [0.2, 0.25) is 0 Å². The number of imide groups is 1. The summed E-state index contributed by atoms with van der Waals surface area (Å²) in [7, 11) is 0. The van der Waals surface area contributed by atoms with Gasteiger partial charge in [-0.15, -0.1) is 0 Å². The Balaban J connectivity index is 1.63. The first kappa shape index (κ1) is 21.3. The van der Waals surface area contributed by atoms with Gasteiger partial charge >= 0.3 is 0 Å². The van der Waals surface area contributed by atoms with Crippen LogP contribution in [0.3, 0.4) is 0 Å². The zero-order valence-electron chi connectivity index (χ0n) is 19.2. The zero-order valence-corrected chi connectivity index (χ0v) is 19.2. The van der Waals surface area contributed by atoms with Gasteiger partial charge in [0.25, 0.3) is 11.8 Å². The molecule has 0 bridgehead atoms. The molecule has 0 saturated carbocycles. The lowest BCUT2D eigenvalue weighted by molar-refractivity contribution is -0.137. The third kappa shape index (κ3) is 3.78. The molecule has 2 aromatic rings. The molecule has 0 saturated heterocycles. The molecule has 0 N–H and O–H groups in total. The molecule has 1 aliphatic heterocycles. The molecule has 0 unspecified atom stereocenters.